The number of aromatic nitrogens is 2. The molecule has 0 spiro atoms. The molecular formula is C8H6FN2. The molecule has 0 atom stereocenters. The van der Waals surface area contributed by atoms with Crippen LogP contribution in [0.25, 0.3) is 11.0 Å². The third kappa shape index (κ3) is 0.888. The minimum atomic E-state index is -0.294. The molecule has 0 saturated heterocycles. The maximum atomic E-state index is 13.0. The van der Waals surface area contributed by atoms with Gasteiger partial charge in [-0.1, -0.05) is 0 Å². The lowest BCUT2D eigenvalue weighted by atomic mass is 10.2. The van der Waals surface area contributed by atoms with Crippen molar-refractivity contribution in [2.45, 2.75) is 6.92 Å². The topological polar surface area (TPSA) is 28.7 Å². The van der Waals surface area contributed by atoms with Crippen molar-refractivity contribution >= 4 is 11.0 Å². The number of fused-ring (bicyclic) bond motifs is 1. The molecule has 1 radical (unpaired) electrons. The van der Waals surface area contributed by atoms with Gasteiger partial charge in [-0.3, -0.25) is 0 Å². The van der Waals surface area contributed by atoms with Crippen LogP contribution in [0.4, 0.5) is 4.39 Å². The van der Waals surface area contributed by atoms with E-state index >= 15 is 0 Å². The van der Waals surface area contributed by atoms with E-state index in [2.05, 4.69) is 16.3 Å². The second kappa shape index (κ2) is 2.05. The third-order valence-electron chi connectivity index (χ3n) is 1.57. The minimum absolute atomic E-state index is 0.294. The van der Waals surface area contributed by atoms with Crippen LogP contribution in [-0.4, -0.2) is 9.97 Å². The molecule has 3 heteroatoms. The first-order valence-electron chi connectivity index (χ1n) is 3.29. The molecule has 55 valence electrons. The molecule has 0 amide bonds. The summed E-state index contributed by atoms with van der Waals surface area (Å²) in [6.07, 6.45) is 2.49. The molecular weight excluding hydrogens is 143 g/mol. The zero-order valence-corrected chi connectivity index (χ0v) is 5.98. The summed E-state index contributed by atoms with van der Waals surface area (Å²) < 4.78 is 13.0. The predicted molar refractivity (Wildman–Crippen MR) is 39.6 cm³/mol. The zero-order chi connectivity index (χ0) is 7.84. The van der Waals surface area contributed by atoms with Crippen molar-refractivity contribution in [3.63, 3.8) is 0 Å². The first-order valence-corrected chi connectivity index (χ1v) is 3.29. The van der Waals surface area contributed by atoms with E-state index in [1.54, 1.807) is 0 Å². The number of benzene rings is 1. The highest BCUT2D eigenvalue weighted by molar-refractivity contribution is 5.75. The fourth-order valence-electron chi connectivity index (χ4n) is 1.09. The van der Waals surface area contributed by atoms with Gasteiger partial charge in [0.1, 0.15) is 5.52 Å². The maximum Gasteiger partial charge on any atom is 0.174 e. The Morgan fingerprint density at radius 3 is 3.18 bits per heavy atom. The first kappa shape index (κ1) is 6.34. The number of aromatic amines is 1. The molecule has 2 rings (SSSR count). The summed E-state index contributed by atoms with van der Waals surface area (Å²) in [7, 11) is 0. The summed E-state index contributed by atoms with van der Waals surface area (Å²) in [5, 5.41) is 0. The van der Waals surface area contributed by atoms with Crippen LogP contribution in [0.3, 0.4) is 0 Å². The Morgan fingerprint density at radius 1 is 1.55 bits per heavy atom. The van der Waals surface area contributed by atoms with Gasteiger partial charge < -0.3 is 4.98 Å². The number of rotatable bonds is 0. The second-order valence-electron chi connectivity index (χ2n) is 2.49. The lowest BCUT2D eigenvalue weighted by Crippen LogP contribution is -1.80. The molecule has 0 bridgehead atoms. The van der Waals surface area contributed by atoms with Crippen molar-refractivity contribution in [3.8, 4) is 0 Å². The van der Waals surface area contributed by atoms with Gasteiger partial charge in [0.05, 0.1) is 5.52 Å². The van der Waals surface area contributed by atoms with E-state index < -0.39 is 0 Å². The molecule has 11 heavy (non-hydrogen) atoms. The number of nitrogens with one attached hydrogen (secondary N) is 1. The average Bonchev–Trinajstić information content (AvgIpc) is 2.34. The number of hydrogen-bond acceptors (Lipinski definition) is 1. The summed E-state index contributed by atoms with van der Waals surface area (Å²) in [6, 6.07) is 3.29. The lowest BCUT2D eigenvalue weighted by Gasteiger charge is -1.92. The number of halogens is 1. The van der Waals surface area contributed by atoms with E-state index in [1.165, 1.54) is 6.07 Å². The van der Waals surface area contributed by atoms with Crippen molar-refractivity contribution in [1.82, 2.24) is 9.97 Å². The number of hydrogen-bond donors (Lipinski definition) is 1. The molecule has 0 fully saturated rings. The average molecular weight is 149 g/mol. The van der Waals surface area contributed by atoms with Crippen LogP contribution in [0.15, 0.2) is 12.1 Å². The minimum Gasteiger partial charge on any atom is -0.335 e. The molecule has 1 N–H and O–H groups in total. The van der Waals surface area contributed by atoms with Gasteiger partial charge in [0.2, 0.25) is 0 Å². The fraction of sp³-hybridized carbons (Fsp3) is 0.125. The Kier molecular flexibility index (Phi) is 1.18. The normalized spacial score (nSPS) is 10.7. The smallest absolute Gasteiger partial charge is 0.174 e. The van der Waals surface area contributed by atoms with Gasteiger partial charge in [-0.25, -0.2) is 9.37 Å². The standard InChI is InChI=1S/C8H6FN2/c1-5-2-6(9)8-7(3-5)10-4-11-8/h2-3H,1H3,(H,10,11). The monoisotopic (exact) mass is 149 g/mol. The van der Waals surface area contributed by atoms with E-state index in [-0.39, 0.29) is 5.82 Å². The highest BCUT2D eigenvalue weighted by Gasteiger charge is 2.02. The highest BCUT2D eigenvalue weighted by Crippen LogP contribution is 2.14. The lowest BCUT2D eigenvalue weighted by molar-refractivity contribution is 0.636. The molecule has 0 aliphatic heterocycles. The number of aryl methyl sites for hydroxylation is 1. The van der Waals surface area contributed by atoms with Gasteiger partial charge in [-0.05, 0) is 24.6 Å². The molecule has 1 heterocycles. The molecule has 1 aromatic heterocycles. The summed E-state index contributed by atoms with van der Waals surface area (Å²) in [4.78, 5) is 6.43. The summed E-state index contributed by atoms with van der Waals surface area (Å²) in [5.41, 5.74) is 1.94. The third-order valence-corrected chi connectivity index (χ3v) is 1.57. The Bertz CT molecular complexity index is 392. The highest BCUT2D eigenvalue weighted by atomic mass is 19.1. The van der Waals surface area contributed by atoms with Gasteiger partial charge in [-0.15, -0.1) is 0 Å². The Morgan fingerprint density at radius 2 is 2.36 bits per heavy atom. The predicted octanol–water partition coefficient (Wildman–Crippen LogP) is 1.81. The van der Waals surface area contributed by atoms with Crippen LogP contribution in [0.2, 0.25) is 0 Å². The Balaban J connectivity index is 2.91. The van der Waals surface area contributed by atoms with Gasteiger partial charge in [0.25, 0.3) is 0 Å². The van der Waals surface area contributed by atoms with Crippen molar-refractivity contribution in [3.05, 3.63) is 29.8 Å². The van der Waals surface area contributed by atoms with Crippen LogP contribution in [0.1, 0.15) is 5.56 Å². The van der Waals surface area contributed by atoms with Crippen LogP contribution in [0, 0.1) is 19.1 Å². The van der Waals surface area contributed by atoms with Crippen LogP contribution in [-0.2, 0) is 0 Å². The van der Waals surface area contributed by atoms with Gasteiger partial charge in [0.15, 0.2) is 12.1 Å². The number of H-pyrrole nitrogens is 1. The SMILES string of the molecule is Cc1cc(F)c2n[c][nH]c2c1. The van der Waals surface area contributed by atoms with Crippen LogP contribution >= 0.6 is 0 Å². The van der Waals surface area contributed by atoms with Crippen molar-refractivity contribution < 1.29 is 4.39 Å². The number of nitrogens with zero attached hydrogens (tertiary/aromatic N) is 1. The van der Waals surface area contributed by atoms with Gasteiger partial charge in [-0.2, -0.15) is 0 Å². The zero-order valence-electron chi connectivity index (χ0n) is 5.98. The van der Waals surface area contributed by atoms with E-state index in [0.717, 1.165) is 5.56 Å². The molecule has 2 nitrogen and oxygen atoms in total. The van der Waals surface area contributed by atoms with Crippen LogP contribution < -0.4 is 0 Å². The molecule has 0 aliphatic rings. The Labute approximate surface area is 63.1 Å². The molecule has 0 saturated carbocycles. The van der Waals surface area contributed by atoms with Crippen molar-refractivity contribution in [2.75, 3.05) is 0 Å². The van der Waals surface area contributed by atoms with Crippen molar-refractivity contribution in [1.29, 1.82) is 0 Å². The van der Waals surface area contributed by atoms with Crippen molar-refractivity contribution in [2.24, 2.45) is 0 Å². The molecule has 1 aromatic carbocycles. The van der Waals surface area contributed by atoms with E-state index in [1.807, 2.05) is 13.0 Å². The Hall–Kier alpha value is -1.38. The summed E-state index contributed by atoms with van der Waals surface area (Å²) in [5.74, 6) is -0.294. The van der Waals surface area contributed by atoms with Gasteiger partial charge >= 0.3 is 0 Å². The molecule has 0 aliphatic carbocycles. The fourth-order valence-corrected chi connectivity index (χ4v) is 1.09. The van der Waals surface area contributed by atoms with Gasteiger partial charge in [0, 0.05) is 0 Å². The van der Waals surface area contributed by atoms with E-state index in [9.17, 15) is 4.39 Å². The first-order chi connectivity index (χ1) is 5.27. The largest absolute Gasteiger partial charge is 0.335 e. The quantitative estimate of drug-likeness (QED) is 0.608. The summed E-state index contributed by atoms with van der Waals surface area (Å²) >= 11 is 0. The summed E-state index contributed by atoms with van der Waals surface area (Å²) in [6.45, 7) is 1.84. The molecule has 0 unspecified atom stereocenters. The maximum absolute atomic E-state index is 13.0. The van der Waals surface area contributed by atoms with E-state index in [0.29, 0.717) is 11.0 Å². The second-order valence-corrected chi connectivity index (χ2v) is 2.49. The van der Waals surface area contributed by atoms with Crippen LogP contribution in [0.5, 0.6) is 0 Å². The molecule has 2 aromatic rings. The number of imidazole rings is 1. The van der Waals surface area contributed by atoms with E-state index in [4.69, 9.17) is 0 Å².